The Labute approximate surface area is 199 Å². The molecule has 34 heavy (non-hydrogen) atoms. The summed E-state index contributed by atoms with van der Waals surface area (Å²) in [6.07, 6.45) is 2.38. The maximum Gasteiger partial charge on any atom is 0.324 e. The van der Waals surface area contributed by atoms with E-state index >= 15 is 0 Å². The van der Waals surface area contributed by atoms with Crippen molar-refractivity contribution >= 4 is 11.9 Å². The monoisotopic (exact) mass is 466 g/mol. The summed E-state index contributed by atoms with van der Waals surface area (Å²) in [5, 5.41) is 7.17. The van der Waals surface area contributed by atoms with Crippen LogP contribution in [0, 0.1) is 5.92 Å². The number of ether oxygens (including phenoxy) is 3. The molecule has 1 aliphatic heterocycles. The molecule has 0 radical (unpaired) electrons. The third-order valence-electron chi connectivity index (χ3n) is 6.01. The van der Waals surface area contributed by atoms with Gasteiger partial charge in [0, 0.05) is 31.3 Å². The van der Waals surface area contributed by atoms with Crippen molar-refractivity contribution in [2.75, 3.05) is 45.9 Å². The number of anilines is 1. The number of carbonyl (C=O) groups is 1. The molecule has 1 atom stereocenters. The van der Waals surface area contributed by atoms with Crippen LogP contribution in [0.5, 0.6) is 17.2 Å². The molecule has 0 aliphatic carbocycles. The molecule has 0 bridgehead atoms. The SMILES string of the molecule is COc1ccc(-c2noc(N3CCC[C@@H](C(=O)NCCc4ccc(OC)cc4OC)C3)n2)cc1. The Balaban J connectivity index is 1.32. The van der Waals surface area contributed by atoms with E-state index in [0.717, 1.165) is 47.8 Å². The fraction of sp³-hybridized carbons (Fsp3) is 0.400. The summed E-state index contributed by atoms with van der Waals surface area (Å²) in [5.74, 6) is 2.67. The number of hydrogen-bond acceptors (Lipinski definition) is 8. The van der Waals surface area contributed by atoms with Crippen LogP contribution in [-0.2, 0) is 11.2 Å². The van der Waals surface area contributed by atoms with Gasteiger partial charge in [-0.15, -0.1) is 0 Å². The minimum absolute atomic E-state index is 0.0343. The largest absolute Gasteiger partial charge is 0.497 e. The van der Waals surface area contributed by atoms with Gasteiger partial charge >= 0.3 is 6.01 Å². The molecule has 9 heteroatoms. The first-order chi connectivity index (χ1) is 16.6. The van der Waals surface area contributed by atoms with E-state index in [1.54, 1.807) is 21.3 Å². The number of hydrogen-bond donors (Lipinski definition) is 1. The summed E-state index contributed by atoms with van der Waals surface area (Å²) in [5.41, 5.74) is 1.86. The van der Waals surface area contributed by atoms with Crippen molar-refractivity contribution in [2.45, 2.75) is 19.3 Å². The van der Waals surface area contributed by atoms with E-state index in [1.807, 2.05) is 47.4 Å². The molecule has 0 unspecified atom stereocenters. The standard InChI is InChI=1S/C25H30N4O5/c1-31-20-9-7-18(8-10-20)23-27-25(34-28-23)29-14-4-5-19(16-29)24(30)26-13-12-17-6-11-21(32-2)15-22(17)33-3/h6-11,15,19H,4-5,12-14,16H2,1-3H3,(H,26,30)/t19-/m1/s1. The minimum atomic E-state index is -0.136. The van der Waals surface area contributed by atoms with E-state index < -0.39 is 0 Å². The summed E-state index contributed by atoms with van der Waals surface area (Å²) in [7, 11) is 4.88. The van der Waals surface area contributed by atoms with Gasteiger partial charge in [-0.3, -0.25) is 4.79 Å². The first kappa shape index (κ1) is 23.4. The Bertz CT molecular complexity index is 1100. The zero-order valence-electron chi connectivity index (χ0n) is 19.7. The first-order valence-electron chi connectivity index (χ1n) is 11.3. The highest BCUT2D eigenvalue weighted by Gasteiger charge is 2.28. The fourth-order valence-electron chi connectivity index (χ4n) is 4.09. The lowest BCUT2D eigenvalue weighted by atomic mass is 9.97. The molecule has 0 saturated carbocycles. The molecular weight excluding hydrogens is 436 g/mol. The second-order valence-corrected chi connectivity index (χ2v) is 8.13. The first-order valence-corrected chi connectivity index (χ1v) is 11.3. The number of nitrogens with one attached hydrogen (secondary N) is 1. The molecule has 1 N–H and O–H groups in total. The van der Waals surface area contributed by atoms with Gasteiger partial charge in [0.05, 0.1) is 27.2 Å². The van der Waals surface area contributed by atoms with Gasteiger partial charge in [0.2, 0.25) is 11.7 Å². The Kier molecular flexibility index (Phi) is 7.51. The average molecular weight is 467 g/mol. The third-order valence-corrected chi connectivity index (χ3v) is 6.01. The highest BCUT2D eigenvalue weighted by Crippen LogP contribution is 2.27. The predicted molar refractivity (Wildman–Crippen MR) is 127 cm³/mol. The van der Waals surface area contributed by atoms with Gasteiger partial charge in [0.1, 0.15) is 17.2 Å². The maximum atomic E-state index is 12.8. The van der Waals surface area contributed by atoms with Crippen molar-refractivity contribution < 1.29 is 23.5 Å². The molecule has 1 saturated heterocycles. The molecule has 1 aromatic heterocycles. The number of amides is 1. The van der Waals surface area contributed by atoms with Gasteiger partial charge in [-0.25, -0.2) is 0 Å². The highest BCUT2D eigenvalue weighted by atomic mass is 16.5. The second kappa shape index (κ2) is 10.9. The molecule has 1 aliphatic rings. The zero-order valence-corrected chi connectivity index (χ0v) is 19.7. The summed E-state index contributed by atoms with van der Waals surface area (Å²) < 4.78 is 21.4. The van der Waals surface area contributed by atoms with E-state index in [2.05, 4.69) is 15.5 Å². The lowest BCUT2D eigenvalue weighted by Crippen LogP contribution is -2.43. The van der Waals surface area contributed by atoms with E-state index in [0.29, 0.717) is 31.3 Å². The van der Waals surface area contributed by atoms with Crippen LogP contribution in [0.3, 0.4) is 0 Å². The average Bonchev–Trinajstić information content (AvgIpc) is 3.39. The van der Waals surface area contributed by atoms with E-state index in [4.69, 9.17) is 18.7 Å². The van der Waals surface area contributed by atoms with Crippen LogP contribution < -0.4 is 24.4 Å². The van der Waals surface area contributed by atoms with Gasteiger partial charge in [0.25, 0.3) is 0 Å². The molecule has 3 aromatic rings. The van der Waals surface area contributed by atoms with Crippen molar-refractivity contribution in [1.82, 2.24) is 15.5 Å². The smallest absolute Gasteiger partial charge is 0.324 e. The van der Waals surface area contributed by atoms with Crippen molar-refractivity contribution in [3.05, 3.63) is 48.0 Å². The van der Waals surface area contributed by atoms with Gasteiger partial charge in [-0.1, -0.05) is 11.2 Å². The summed E-state index contributed by atoms with van der Waals surface area (Å²) in [6, 6.07) is 13.6. The Morgan fingerprint density at radius 3 is 2.59 bits per heavy atom. The topological polar surface area (TPSA) is 99.0 Å². The zero-order chi connectivity index (χ0) is 23.9. The van der Waals surface area contributed by atoms with Crippen LogP contribution in [0.4, 0.5) is 6.01 Å². The number of benzene rings is 2. The number of methoxy groups -OCH3 is 3. The Morgan fingerprint density at radius 1 is 1.09 bits per heavy atom. The van der Waals surface area contributed by atoms with Gasteiger partial charge in [-0.05, 0) is 55.2 Å². The van der Waals surface area contributed by atoms with E-state index in [-0.39, 0.29) is 11.8 Å². The molecule has 180 valence electrons. The normalized spacial score (nSPS) is 15.6. The number of rotatable bonds is 9. The summed E-state index contributed by atoms with van der Waals surface area (Å²) in [4.78, 5) is 19.4. The van der Waals surface area contributed by atoms with Crippen LogP contribution in [0.2, 0.25) is 0 Å². The molecule has 4 rings (SSSR count). The summed E-state index contributed by atoms with van der Waals surface area (Å²) in [6.45, 7) is 1.85. The van der Waals surface area contributed by atoms with Crippen molar-refractivity contribution in [3.8, 4) is 28.6 Å². The van der Waals surface area contributed by atoms with Gasteiger partial charge in [-0.2, -0.15) is 4.98 Å². The van der Waals surface area contributed by atoms with Crippen LogP contribution in [-0.4, -0.2) is 57.0 Å². The summed E-state index contributed by atoms with van der Waals surface area (Å²) >= 11 is 0. The number of piperidine rings is 1. The molecule has 1 fully saturated rings. The second-order valence-electron chi connectivity index (χ2n) is 8.13. The van der Waals surface area contributed by atoms with Gasteiger partial charge in [0.15, 0.2) is 0 Å². The predicted octanol–water partition coefficient (Wildman–Crippen LogP) is 3.34. The van der Waals surface area contributed by atoms with Gasteiger partial charge < -0.3 is 29.0 Å². The van der Waals surface area contributed by atoms with Crippen LogP contribution in [0.1, 0.15) is 18.4 Å². The van der Waals surface area contributed by atoms with Crippen LogP contribution >= 0.6 is 0 Å². The maximum absolute atomic E-state index is 12.8. The van der Waals surface area contributed by atoms with Crippen molar-refractivity contribution in [1.29, 1.82) is 0 Å². The lowest BCUT2D eigenvalue weighted by molar-refractivity contribution is -0.125. The quantitative estimate of drug-likeness (QED) is 0.513. The number of carbonyl (C=O) groups excluding carboxylic acids is 1. The Morgan fingerprint density at radius 2 is 1.85 bits per heavy atom. The third kappa shape index (κ3) is 5.41. The minimum Gasteiger partial charge on any atom is -0.497 e. The highest BCUT2D eigenvalue weighted by molar-refractivity contribution is 5.79. The number of aromatic nitrogens is 2. The van der Waals surface area contributed by atoms with E-state index in [1.165, 1.54) is 0 Å². The molecule has 9 nitrogen and oxygen atoms in total. The molecule has 0 spiro atoms. The van der Waals surface area contributed by atoms with Crippen molar-refractivity contribution in [2.24, 2.45) is 5.92 Å². The Hall–Kier alpha value is -3.75. The lowest BCUT2D eigenvalue weighted by Gasteiger charge is -2.30. The van der Waals surface area contributed by atoms with Crippen LogP contribution in [0.15, 0.2) is 47.0 Å². The molecule has 2 heterocycles. The number of nitrogens with zero attached hydrogens (tertiary/aromatic N) is 3. The molecule has 1 amide bonds. The molecule has 2 aromatic carbocycles. The van der Waals surface area contributed by atoms with E-state index in [9.17, 15) is 4.79 Å². The molecular formula is C25H30N4O5. The fourth-order valence-corrected chi connectivity index (χ4v) is 4.09. The van der Waals surface area contributed by atoms with Crippen LogP contribution in [0.25, 0.3) is 11.4 Å². The van der Waals surface area contributed by atoms with Crippen molar-refractivity contribution in [3.63, 3.8) is 0 Å².